The summed E-state index contributed by atoms with van der Waals surface area (Å²) in [6.45, 7) is 5.08. The van der Waals surface area contributed by atoms with Gasteiger partial charge in [-0.15, -0.1) is 0 Å². The number of nitrogens with zero attached hydrogens (tertiary/aromatic N) is 1. The quantitative estimate of drug-likeness (QED) is 0.689. The normalized spacial score (nSPS) is 23.4. The molecule has 1 atom stereocenters. The van der Waals surface area contributed by atoms with Crippen LogP contribution in [0.1, 0.15) is 39.5 Å². The topological polar surface area (TPSA) is 37.4 Å². The maximum atomic E-state index is 11.6. The number of rotatable bonds is 3. The number of amides is 1. The van der Waals surface area contributed by atoms with Gasteiger partial charge >= 0.3 is 0 Å². The fourth-order valence-corrected chi connectivity index (χ4v) is 1.67. The Morgan fingerprint density at radius 3 is 2.86 bits per heavy atom. The summed E-state index contributed by atoms with van der Waals surface area (Å²) in [6, 6.07) is 0. The standard InChI is InChI=1S/C11H19NO2/c1-3-10(13)8-12-7-6-9(2)4-5-11(12)14/h9H,3-8H2,1-2H3. The monoisotopic (exact) mass is 197 g/mol. The molecule has 0 aromatic heterocycles. The maximum Gasteiger partial charge on any atom is 0.222 e. The predicted molar refractivity (Wildman–Crippen MR) is 54.9 cm³/mol. The van der Waals surface area contributed by atoms with Crippen molar-refractivity contribution in [3.8, 4) is 0 Å². The van der Waals surface area contributed by atoms with Gasteiger partial charge in [-0.25, -0.2) is 0 Å². The van der Waals surface area contributed by atoms with E-state index in [1.807, 2.05) is 6.92 Å². The van der Waals surface area contributed by atoms with Crippen molar-refractivity contribution in [2.45, 2.75) is 39.5 Å². The van der Waals surface area contributed by atoms with Gasteiger partial charge in [0.15, 0.2) is 5.78 Å². The molecule has 1 heterocycles. The first kappa shape index (κ1) is 11.2. The Morgan fingerprint density at radius 2 is 2.21 bits per heavy atom. The number of hydrogen-bond acceptors (Lipinski definition) is 2. The molecule has 3 nitrogen and oxygen atoms in total. The van der Waals surface area contributed by atoms with Gasteiger partial charge in [0, 0.05) is 19.4 Å². The predicted octanol–water partition coefficient (Wildman–Crippen LogP) is 1.61. The van der Waals surface area contributed by atoms with Crippen LogP contribution in [0.25, 0.3) is 0 Å². The van der Waals surface area contributed by atoms with Crippen LogP contribution in [-0.4, -0.2) is 29.7 Å². The lowest BCUT2D eigenvalue weighted by Crippen LogP contribution is -2.35. The van der Waals surface area contributed by atoms with Crippen molar-refractivity contribution in [1.82, 2.24) is 4.90 Å². The van der Waals surface area contributed by atoms with E-state index in [-0.39, 0.29) is 11.7 Å². The molecule has 1 aliphatic heterocycles. The van der Waals surface area contributed by atoms with Gasteiger partial charge in [-0.1, -0.05) is 13.8 Å². The Bertz CT molecular complexity index is 225. The maximum absolute atomic E-state index is 11.6. The molecule has 0 radical (unpaired) electrons. The summed E-state index contributed by atoms with van der Waals surface area (Å²) in [4.78, 5) is 24.5. The number of Topliss-reactive ketones (excluding diaryl/α,β-unsaturated/α-hetero) is 1. The fraction of sp³-hybridized carbons (Fsp3) is 0.818. The Labute approximate surface area is 85.5 Å². The number of hydrogen-bond donors (Lipinski definition) is 0. The van der Waals surface area contributed by atoms with Crippen molar-refractivity contribution in [1.29, 1.82) is 0 Å². The molecule has 0 spiro atoms. The molecule has 80 valence electrons. The van der Waals surface area contributed by atoms with Crippen LogP contribution < -0.4 is 0 Å². The molecule has 1 fully saturated rings. The summed E-state index contributed by atoms with van der Waals surface area (Å²) >= 11 is 0. The van der Waals surface area contributed by atoms with Gasteiger partial charge in [-0.05, 0) is 18.8 Å². The SMILES string of the molecule is CCC(=O)CN1CCC(C)CCC1=O. The first-order chi connectivity index (χ1) is 6.63. The van der Waals surface area contributed by atoms with Crippen molar-refractivity contribution in [3.63, 3.8) is 0 Å². The number of carbonyl (C=O) groups excluding carboxylic acids is 2. The van der Waals surface area contributed by atoms with E-state index in [1.165, 1.54) is 0 Å². The van der Waals surface area contributed by atoms with Crippen LogP contribution in [0.4, 0.5) is 0 Å². The molecule has 1 saturated heterocycles. The first-order valence-electron chi connectivity index (χ1n) is 5.43. The van der Waals surface area contributed by atoms with E-state index < -0.39 is 0 Å². The van der Waals surface area contributed by atoms with Gasteiger partial charge < -0.3 is 4.90 Å². The highest BCUT2D eigenvalue weighted by Crippen LogP contribution is 2.17. The van der Waals surface area contributed by atoms with Crippen LogP contribution in [0.3, 0.4) is 0 Å². The lowest BCUT2D eigenvalue weighted by molar-refractivity contribution is -0.134. The Morgan fingerprint density at radius 1 is 1.50 bits per heavy atom. The molecule has 0 saturated carbocycles. The molecule has 3 heteroatoms. The summed E-state index contributed by atoms with van der Waals surface area (Å²) in [7, 11) is 0. The second-order valence-corrected chi connectivity index (χ2v) is 4.14. The number of ketones is 1. The van der Waals surface area contributed by atoms with E-state index in [9.17, 15) is 9.59 Å². The highest BCUT2D eigenvalue weighted by Gasteiger charge is 2.21. The highest BCUT2D eigenvalue weighted by atomic mass is 16.2. The van der Waals surface area contributed by atoms with E-state index in [2.05, 4.69) is 6.92 Å². The molecule has 14 heavy (non-hydrogen) atoms. The molecule has 1 unspecified atom stereocenters. The zero-order valence-corrected chi connectivity index (χ0v) is 9.08. The second-order valence-electron chi connectivity index (χ2n) is 4.14. The van der Waals surface area contributed by atoms with Crippen LogP contribution in [0.2, 0.25) is 0 Å². The van der Waals surface area contributed by atoms with Crippen LogP contribution in [0.5, 0.6) is 0 Å². The zero-order chi connectivity index (χ0) is 10.6. The molecule has 0 aromatic carbocycles. The van der Waals surface area contributed by atoms with Gasteiger partial charge in [0.1, 0.15) is 0 Å². The smallest absolute Gasteiger partial charge is 0.222 e. The molecule has 0 aliphatic carbocycles. The van der Waals surface area contributed by atoms with Crippen LogP contribution in [0, 0.1) is 5.92 Å². The highest BCUT2D eigenvalue weighted by molar-refractivity contribution is 5.86. The largest absolute Gasteiger partial charge is 0.335 e. The third-order valence-electron chi connectivity index (χ3n) is 2.86. The van der Waals surface area contributed by atoms with Crippen molar-refractivity contribution in [2.24, 2.45) is 5.92 Å². The summed E-state index contributed by atoms with van der Waals surface area (Å²) in [5.41, 5.74) is 0. The lowest BCUT2D eigenvalue weighted by Gasteiger charge is -2.19. The van der Waals surface area contributed by atoms with Crippen LogP contribution in [0.15, 0.2) is 0 Å². The second kappa shape index (κ2) is 5.13. The molecular weight excluding hydrogens is 178 g/mol. The van der Waals surface area contributed by atoms with E-state index >= 15 is 0 Å². The zero-order valence-electron chi connectivity index (χ0n) is 9.08. The Balaban J connectivity index is 2.49. The molecule has 1 rings (SSSR count). The van der Waals surface area contributed by atoms with Gasteiger partial charge in [-0.2, -0.15) is 0 Å². The van der Waals surface area contributed by atoms with Gasteiger partial charge in [0.2, 0.25) is 5.91 Å². The van der Waals surface area contributed by atoms with Crippen molar-refractivity contribution < 1.29 is 9.59 Å². The van der Waals surface area contributed by atoms with E-state index in [4.69, 9.17) is 0 Å². The van der Waals surface area contributed by atoms with E-state index in [0.717, 1.165) is 19.4 Å². The molecule has 0 bridgehead atoms. The van der Waals surface area contributed by atoms with Crippen molar-refractivity contribution >= 4 is 11.7 Å². The van der Waals surface area contributed by atoms with Crippen LogP contribution >= 0.6 is 0 Å². The fourth-order valence-electron chi connectivity index (χ4n) is 1.67. The minimum Gasteiger partial charge on any atom is -0.335 e. The lowest BCUT2D eigenvalue weighted by atomic mass is 10.0. The third-order valence-corrected chi connectivity index (χ3v) is 2.86. The summed E-state index contributed by atoms with van der Waals surface area (Å²) in [5, 5.41) is 0. The Hall–Kier alpha value is -0.860. The average Bonchev–Trinajstić information content (AvgIpc) is 2.33. The molecule has 0 aromatic rings. The Kier molecular flexibility index (Phi) is 4.11. The van der Waals surface area contributed by atoms with Crippen molar-refractivity contribution in [3.05, 3.63) is 0 Å². The number of likely N-dealkylation sites (tertiary alicyclic amines) is 1. The third kappa shape index (κ3) is 3.13. The molecular formula is C11H19NO2. The summed E-state index contributed by atoms with van der Waals surface area (Å²) < 4.78 is 0. The molecule has 0 N–H and O–H groups in total. The summed E-state index contributed by atoms with van der Waals surface area (Å²) in [5.74, 6) is 0.921. The first-order valence-corrected chi connectivity index (χ1v) is 5.43. The van der Waals surface area contributed by atoms with E-state index in [0.29, 0.717) is 25.3 Å². The van der Waals surface area contributed by atoms with Crippen LogP contribution in [-0.2, 0) is 9.59 Å². The molecule has 1 aliphatic rings. The van der Waals surface area contributed by atoms with Crippen molar-refractivity contribution in [2.75, 3.05) is 13.1 Å². The van der Waals surface area contributed by atoms with E-state index in [1.54, 1.807) is 4.90 Å². The summed E-state index contributed by atoms with van der Waals surface area (Å²) in [6.07, 6.45) is 3.13. The average molecular weight is 197 g/mol. The van der Waals surface area contributed by atoms with Gasteiger partial charge in [-0.3, -0.25) is 9.59 Å². The minimum absolute atomic E-state index is 0.149. The molecule has 1 amide bonds. The minimum atomic E-state index is 0.149. The van der Waals surface area contributed by atoms with Gasteiger partial charge in [0.05, 0.1) is 6.54 Å². The van der Waals surface area contributed by atoms with Gasteiger partial charge in [0.25, 0.3) is 0 Å². The number of carbonyl (C=O) groups is 2.